The maximum absolute atomic E-state index is 12.8. The summed E-state index contributed by atoms with van der Waals surface area (Å²) in [4.78, 5) is 49.0. The predicted molar refractivity (Wildman–Crippen MR) is 108 cm³/mol. The molecule has 3 rings (SSSR count). The summed E-state index contributed by atoms with van der Waals surface area (Å²) in [5.74, 6) is -1.20. The summed E-state index contributed by atoms with van der Waals surface area (Å²) in [7, 11) is 3.86. The maximum Gasteiger partial charge on any atom is 0.373 e. The number of benzene rings is 1. The van der Waals surface area contributed by atoms with Crippen LogP contribution >= 0.6 is 0 Å². The topological polar surface area (TPSA) is 134 Å². The van der Waals surface area contributed by atoms with Gasteiger partial charge in [-0.3, -0.25) is 9.69 Å². The van der Waals surface area contributed by atoms with Crippen LogP contribution in [0.1, 0.15) is 21.9 Å². The maximum atomic E-state index is 12.8. The average molecular weight is 444 g/mol. The number of methoxy groups -OCH3 is 3. The van der Waals surface area contributed by atoms with Crippen molar-refractivity contribution in [3.63, 3.8) is 0 Å². The number of nitrogens with zero attached hydrogens (tertiary/aromatic N) is 1. The first-order valence-electron chi connectivity index (χ1n) is 9.26. The highest BCUT2D eigenvalue weighted by molar-refractivity contribution is 6.14. The van der Waals surface area contributed by atoms with Crippen molar-refractivity contribution in [2.24, 2.45) is 0 Å². The molecule has 0 aliphatic carbocycles. The first-order valence-corrected chi connectivity index (χ1v) is 9.26. The molecule has 0 spiro atoms. The molecule has 0 bridgehead atoms. The molecule has 0 radical (unpaired) electrons. The molecule has 1 aromatic heterocycles. The Labute approximate surface area is 182 Å². The minimum Gasteiger partial charge on any atom is -0.493 e. The summed E-state index contributed by atoms with van der Waals surface area (Å²) in [6, 6.07) is 7.09. The SMILES string of the molecule is COC(=O)COc1c(/C=C2/NC(=O)N(Cc3ccc(C(=O)OC)o3)C2=O)cccc1OC. The molecule has 1 aliphatic rings. The Balaban J connectivity index is 1.83. The number of imide groups is 1. The van der Waals surface area contributed by atoms with Gasteiger partial charge < -0.3 is 28.7 Å². The van der Waals surface area contributed by atoms with Gasteiger partial charge in [-0.2, -0.15) is 0 Å². The van der Waals surface area contributed by atoms with Gasteiger partial charge in [0.2, 0.25) is 5.76 Å². The number of nitrogens with one attached hydrogen (secondary N) is 1. The molecule has 0 atom stereocenters. The largest absolute Gasteiger partial charge is 0.493 e. The van der Waals surface area contributed by atoms with Crippen LogP contribution < -0.4 is 14.8 Å². The van der Waals surface area contributed by atoms with Crippen LogP contribution in [0.4, 0.5) is 4.79 Å². The summed E-state index contributed by atoms with van der Waals surface area (Å²) in [6.07, 6.45) is 1.40. The zero-order chi connectivity index (χ0) is 23.3. The lowest BCUT2D eigenvalue weighted by Crippen LogP contribution is -2.30. The van der Waals surface area contributed by atoms with Crippen LogP contribution in [0.15, 0.2) is 40.4 Å². The van der Waals surface area contributed by atoms with Gasteiger partial charge in [0.15, 0.2) is 18.1 Å². The fraction of sp³-hybridized carbons (Fsp3) is 0.238. The van der Waals surface area contributed by atoms with E-state index in [1.54, 1.807) is 18.2 Å². The molecular formula is C21H20N2O9. The molecule has 2 heterocycles. The smallest absolute Gasteiger partial charge is 0.373 e. The third-order valence-corrected chi connectivity index (χ3v) is 4.42. The minimum atomic E-state index is -0.674. The lowest BCUT2D eigenvalue weighted by molar-refractivity contribution is -0.143. The van der Waals surface area contributed by atoms with Gasteiger partial charge in [0.05, 0.1) is 27.9 Å². The molecule has 1 aliphatic heterocycles. The lowest BCUT2D eigenvalue weighted by Gasteiger charge is -2.13. The summed E-state index contributed by atoms with van der Waals surface area (Å²) in [5.41, 5.74) is 0.371. The first kappa shape index (κ1) is 22.4. The monoisotopic (exact) mass is 444 g/mol. The van der Waals surface area contributed by atoms with Crippen molar-refractivity contribution in [3.8, 4) is 11.5 Å². The second-order valence-corrected chi connectivity index (χ2v) is 6.38. The number of para-hydroxylation sites is 1. The number of hydrogen-bond acceptors (Lipinski definition) is 9. The number of urea groups is 1. The normalized spacial score (nSPS) is 14.3. The molecule has 11 nitrogen and oxygen atoms in total. The Hall–Kier alpha value is -4.28. The van der Waals surface area contributed by atoms with Crippen LogP contribution in [0.5, 0.6) is 11.5 Å². The third kappa shape index (κ3) is 4.72. The molecule has 1 fully saturated rings. The molecule has 1 aromatic carbocycles. The molecule has 0 saturated carbocycles. The van der Waals surface area contributed by atoms with Gasteiger partial charge in [0.1, 0.15) is 11.5 Å². The van der Waals surface area contributed by atoms with Gasteiger partial charge in [-0.1, -0.05) is 12.1 Å². The van der Waals surface area contributed by atoms with Crippen LogP contribution in [0.2, 0.25) is 0 Å². The van der Waals surface area contributed by atoms with Crippen molar-refractivity contribution in [2.45, 2.75) is 6.54 Å². The quantitative estimate of drug-likeness (QED) is 0.367. The fourth-order valence-electron chi connectivity index (χ4n) is 2.85. The van der Waals surface area contributed by atoms with E-state index in [4.69, 9.17) is 13.9 Å². The molecule has 11 heteroatoms. The van der Waals surface area contributed by atoms with Crippen LogP contribution in [0, 0.1) is 0 Å². The summed E-state index contributed by atoms with van der Waals surface area (Å²) >= 11 is 0. The Bertz CT molecular complexity index is 1090. The van der Waals surface area contributed by atoms with Crippen LogP contribution in [0.25, 0.3) is 6.08 Å². The van der Waals surface area contributed by atoms with Gasteiger partial charge in [-0.15, -0.1) is 0 Å². The number of carbonyl (C=O) groups excluding carboxylic acids is 4. The molecule has 0 unspecified atom stereocenters. The average Bonchev–Trinajstić information content (AvgIpc) is 3.37. The third-order valence-electron chi connectivity index (χ3n) is 4.42. The van der Waals surface area contributed by atoms with E-state index in [-0.39, 0.29) is 36.1 Å². The van der Waals surface area contributed by atoms with E-state index < -0.39 is 23.9 Å². The highest BCUT2D eigenvalue weighted by Gasteiger charge is 2.34. The lowest BCUT2D eigenvalue weighted by atomic mass is 10.1. The van der Waals surface area contributed by atoms with Crippen LogP contribution in [-0.2, 0) is 25.6 Å². The van der Waals surface area contributed by atoms with Gasteiger partial charge >= 0.3 is 18.0 Å². The molecule has 168 valence electrons. The number of esters is 2. The van der Waals surface area contributed by atoms with E-state index >= 15 is 0 Å². The summed E-state index contributed by atoms with van der Waals surface area (Å²) < 4.78 is 25.2. The molecular weight excluding hydrogens is 424 g/mol. The van der Waals surface area contributed by atoms with Gasteiger partial charge in [-0.05, 0) is 24.3 Å². The van der Waals surface area contributed by atoms with Crippen LogP contribution in [-0.4, -0.2) is 56.7 Å². The second kappa shape index (κ2) is 9.69. The minimum absolute atomic E-state index is 0.0223. The number of ether oxygens (including phenoxy) is 4. The van der Waals surface area contributed by atoms with E-state index in [1.165, 1.54) is 39.5 Å². The van der Waals surface area contributed by atoms with Gasteiger partial charge in [0, 0.05) is 5.56 Å². The molecule has 1 N–H and O–H groups in total. The number of amides is 3. The second-order valence-electron chi connectivity index (χ2n) is 6.38. The zero-order valence-electron chi connectivity index (χ0n) is 17.5. The van der Waals surface area contributed by atoms with Crippen molar-refractivity contribution in [3.05, 3.63) is 53.1 Å². The van der Waals surface area contributed by atoms with Crippen molar-refractivity contribution in [1.82, 2.24) is 10.2 Å². The predicted octanol–water partition coefficient (Wildman–Crippen LogP) is 1.72. The number of carbonyl (C=O) groups is 4. The van der Waals surface area contributed by atoms with Gasteiger partial charge in [0.25, 0.3) is 5.91 Å². The Morgan fingerprint density at radius 3 is 2.56 bits per heavy atom. The molecule has 1 saturated heterocycles. The Morgan fingerprint density at radius 2 is 1.88 bits per heavy atom. The van der Waals surface area contributed by atoms with E-state index in [0.29, 0.717) is 11.3 Å². The van der Waals surface area contributed by atoms with Crippen molar-refractivity contribution in [1.29, 1.82) is 0 Å². The highest BCUT2D eigenvalue weighted by Crippen LogP contribution is 2.33. The van der Waals surface area contributed by atoms with Crippen molar-refractivity contribution >= 4 is 30.0 Å². The van der Waals surface area contributed by atoms with E-state index in [0.717, 1.165) is 4.90 Å². The highest BCUT2D eigenvalue weighted by atomic mass is 16.6. The molecule has 32 heavy (non-hydrogen) atoms. The van der Waals surface area contributed by atoms with E-state index in [2.05, 4.69) is 14.8 Å². The zero-order valence-corrected chi connectivity index (χ0v) is 17.5. The van der Waals surface area contributed by atoms with Gasteiger partial charge in [-0.25, -0.2) is 14.4 Å². The molecule has 2 aromatic rings. The summed E-state index contributed by atoms with van der Waals surface area (Å²) in [5, 5.41) is 2.48. The van der Waals surface area contributed by atoms with E-state index in [9.17, 15) is 19.2 Å². The number of furan rings is 1. The summed E-state index contributed by atoms with van der Waals surface area (Å²) in [6.45, 7) is -0.566. The Morgan fingerprint density at radius 1 is 1.09 bits per heavy atom. The fourth-order valence-corrected chi connectivity index (χ4v) is 2.85. The van der Waals surface area contributed by atoms with E-state index in [1.807, 2.05) is 0 Å². The number of rotatable bonds is 8. The van der Waals surface area contributed by atoms with Crippen molar-refractivity contribution < 1.29 is 42.5 Å². The first-order chi connectivity index (χ1) is 15.4. The van der Waals surface area contributed by atoms with Crippen LogP contribution in [0.3, 0.4) is 0 Å². The standard InChI is InChI=1S/C21H20N2O9/c1-28-15-6-4-5-12(18(15)31-11-17(24)29-2)9-14-19(25)23(21(27)22-14)10-13-7-8-16(32-13)20(26)30-3/h4-9H,10-11H2,1-3H3,(H,22,27)/b14-9+. The number of hydrogen-bond donors (Lipinski definition) is 1. The van der Waals surface area contributed by atoms with Crippen molar-refractivity contribution in [2.75, 3.05) is 27.9 Å². The Kier molecular flexibility index (Phi) is 6.78. The molecule has 3 amide bonds.